The van der Waals surface area contributed by atoms with E-state index in [-0.39, 0.29) is 5.75 Å². The van der Waals surface area contributed by atoms with Crippen LogP contribution >= 0.6 is 0 Å². The Kier molecular flexibility index (Phi) is 3.47. The first kappa shape index (κ1) is 14.7. The average molecular weight is 308 g/mol. The lowest BCUT2D eigenvalue weighted by atomic mass is 10.1. The zero-order chi connectivity index (χ0) is 15.9. The van der Waals surface area contributed by atoms with Crippen molar-refractivity contribution in [3.63, 3.8) is 0 Å². The molecule has 0 saturated carbocycles. The van der Waals surface area contributed by atoms with E-state index in [1.807, 2.05) is 24.0 Å². The predicted octanol–water partition coefficient (Wildman–Crippen LogP) is 4.29. The molecule has 0 radical (unpaired) electrons. The lowest BCUT2D eigenvalue weighted by molar-refractivity contribution is -0.274. The molecule has 0 bridgehead atoms. The Morgan fingerprint density at radius 3 is 2.59 bits per heavy atom. The van der Waals surface area contributed by atoms with E-state index in [1.165, 1.54) is 12.1 Å². The van der Waals surface area contributed by atoms with Crippen LogP contribution in [0.25, 0.3) is 0 Å². The van der Waals surface area contributed by atoms with Gasteiger partial charge in [0.05, 0.1) is 0 Å². The van der Waals surface area contributed by atoms with Crippen molar-refractivity contribution in [1.29, 1.82) is 0 Å². The summed E-state index contributed by atoms with van der Waals surface area (Å²) >= 11 is 0. The molecule has 0 amide bonds. The first-order chi connectivity index (χ1) is 10.3. The van der Waals surface area contributed by atoms with E-state index in [0.717, 1.165) is 41.3 Å². The molecule has 0 saturated heterocycles. The summed E-state index contributed by atoms with van der Waals surface area (Å²) in [5.41, 5.74) is 3.64. The minimum absolute atomic E-state index is 0.203. The van der Waals surface area contributed by atoms with Crippen molar-refractivity contribution in [2.24, 2.45) is 0 Å². The van der Waals surface area contributed by atoms with E-state index in [1.54, 1.807) is 13.0 Å². The highest BCUT2D eigenvalue weighted by Crippen LogP contribution is 2.36. The van der Waals surface area contributed by atoms with E-state index in [0.29, 0.717) is 0 Å². The number of halogens is 3. The van der Waals surface area contributed by atoms with Crippen molar-refractivity contribution in [3.8, 4) is 5.75 Å². The van der Waals surface area contributed by atoms with Gasteiger partial charge in [0, 0.05) is 17.9 Å². The molecule has 1 aliphatic heterocycles. The van der Waals surface area contributed by atoms with E-state index >= 15 is 0 Å². The molecule has 0 fully saturated rings. The maximum Gasteiger partial charge on any atom is 0.573 e. The molecular weight excluding hydrogens is 293 g/mol. The number of nitrogens with zero attached hydrogens (tertiary/aromatic N) is 2. The molecule has 0 atom stereocenters. The maximum absolute atomic E-state index is 12.3. The summed E-state index contributed by atoms with van der Waals surface area (Å²) in [5, 5.41) is 0. The summed E-state index contributed by atoms with van der Waals surface area (Å²) in [6.07, 6.45) is -3.80. The summed E-state index contributed by atoms with van der Waals surface area (Å²) in [6, 6.07) is 8.40. The lowest BCUT2D eigenvalue weighted by Crippen LogP contribution is -2.18. The molecule has 116 valence electrons. The highest BCUT2D eigenvalue weighted by molar-refractivity contribution is 5.69. The van der Waals surface area contributed by atoms with Crippen LogP contribution in [0.15, 0.2) is 30.3 Å². The minimum Gasteiger partial charge on any atom is -0.406 e. The molecular formula is C16H15F3N2O. The van der Waals surface area contributed by atoms with Gasteiger partial charge >= 0.3 is 6.36 Å². The van der Waals surface area contributed by atoms with Crippen LogP contribution in [0.1, 0.15) is 16.8 Å². The van der Waals surface area contributed by atoms with Gasteiger partial charge in [-0.2, -0.15) is 0 Å². The molecule has 22 heavy (non-hydrogen) atoms. The number of pyridine rings is 1. The Labute approximate surface area is 126 Å². The molecule has 3 nitrogen and oxygen atoms in total. The van der Waals surface area contributed by atoms with Crippen LogP contribution in [-0.4, -0.2) is 17.9 Å². The number of aromatic nitrogens is 1. The SMILES string of the molecule is Cc1ccc2c(n1)N(c1ccc(OC(F)(F)F)cc1C)CC2. The summed E-state index contributed by atoms with van der Waals surface area (Å²) in [6.45, 7) is 4.46. The Hall–Kier alpha value is -2.24. The number of fused-ring (bicyclic) bond motifs is 1. The third kappa shape index (κ3) is 2.86. The highest BCUT2D eigenvalue weighted by atomic mass is 19.4. The van der Waals surface area contributed by atoms with Crippen molar-refractivity contribution in [3.05, 3.63) is 47.2 Å². The van der Waals surface area contributed by atoms with Crippen LogP contribution < -0.4 is 9.64 Å². The Balaban J connectivity index is 1.93. The topological polar surface area (TPSA) is 25.4 Å². The fourth-order valence-corrected chi connectivity index (χ4v) is 2.70. The smallest absolute Gasteiger partial charge is 0.406 e. The van der Waals surface area contributed by atoms with Crippen molar-refractivity contribution in [2.45, 2.75) is 26.6 Å². The third-order valence-electron chi connectivity index (χ3n) is 3.65. The second-order valence-corrected chi connectivity index (χ2v) is 5.33. The monoisotopic (exact) mass is 308 g/mol. The lowest BCUT2D eigenvalue weighted by Gasteiger charge is -2.21. The summed E-state index contributed by atoms with van der Waals surface area (Å²) in [7, 11) is 0. The second-order valence-electron chi connectivity index (χ2n) is 5.33. The van der Waals surface area contributed by atoms with Gasteiger partial charge in [-0.1, -0.05) is 6.07 Å². The van der Waals surface area contributed by atoms with E-state index in [4.69, 9.17) is 0 Å². The molecule has 2 heterocycles. The predicted molar refractivity (Wildman–Crippen MR) is 77.5 cm³/mol. The summed E-state index contributed by atoms with van der Waals surface area (Å²) in [4.78, 5) is 6.59. The molecule has 3 rings (SSSR count). The number of benzene rings is 1. The van der Waals surface area contributed by atoms with Crippen LogP contribution in [0.3, 0.4) is 0 Å². The normalized spacial score (nSPS) is 14.1. The summed E-state index contributed by atoms with van der Waals surface area (Å²) < 4.78 is 40.8. The number of rotatable bonds is 2. The number of hydrogen-bond donors (Lipinski definition) is 0. The zero-order valence-corrected chi connectivity index (χ0v) is 12.2. The molecule has 0 aliphatic carbocycles. The van der Waals surface area contributed by atoms with Gasteiger partial charge in [0.1, 0.15) is 11.6 Å². The molecule has 0 spiro atoms. The Morgan fingerprint density at radius 1 is 1.14 bits per heavy atom. The van der Waals surface area contributed by atoms with Gasteiger partial charge in [-0.25, -0.2) is 4.98 Å². The molecule has 1 aromatic heterocycles. The molecule has 0 unspecified atom stereocenters. The molecule has 0 N–H and O–H groups in total. The standard InChI is InChI=1S/C16H15F3N2O/c1-10-9-13(22-16(17,18)19)5-6-14(10)21-8-7-12-4-3-11(2)20-15(12)21/h3-6,9H,7-8H2,1-2H3. The largest absolute Gasteiger partial charge is 0.573 e. The first-order valence-corrected chi connectivity index (χ1v) is 6.94. The van der Waals surface area contributed by atoms with Gasteiger partial charge < -0.3 is 9.64 Å². The second kappa shape index (κ2) is 5.19. The van der Waals surface area contributed by atoms with Gasteiger partial charge in [0.25, 0.3) is 0 Å². The molecule has 1 aliphatic rings. The molecule has 6 heteroatoms. The Morgan fingerprint density at radius 2 is 1.91 bits per heavy atom. The number of alkyl halides is 3. The van der Waals surface area contributed by atoms with Gasteiger partial charge in [-0.05, 0) is 55.7 Å². The van der Waals surface area contributed by atoms with Crippen LogP contribution in [0.5, 0.6) is 5.75 Å². The fourth-order valence-electron chi connectivity index (χ4n) is 2.70. The highest BCUT2D eigenvalue weighted by Gasteiger charge is 2.31. The number of hydrogen-bond acceptors (Lipinski definition) is 3. The van der Waals surface area contributed by atoms with Crippen molar-refractivity contribution in [1.82, 2.24) is 4.98 Å². The van der Waals surface area contributed by atoms with Gasteiger partial charge in [0.15, 0.2) is 0 Å². The zero-order valence-electron chi connectivity index (χ0n) is 12.2. The maximum atomic E-state index is 12.3. The van der Waals surface area contributed by atoms with Gasteiger partial charge in [-0.15, -0.1) is 13.2 Å². The van der Waals surface area contributed by atoms with E-state index < -0.39 is 6.36 Å². The molecule has 1 aromatic carbocycles. The van der Waals surface area contributed by atoms with Crippen molar-refractivity contribution in [2.75, 3.05) is 11.4 Å². The quantitative estimate of drug-likeness (QED) is 0.827. The van der Waals surface area contributed by atoms with Crippen LogP contribution in [0, 0.1) is 13.8 Å². The van der Waals surface area contributed by atoms with E-state index in [9.17, 15) is 13.2 Å². The third-order valence-corrected chi connectivity index (χ3v) is 3.65. The number of anilines is 2. The Bertz CT molecular complexity index is 713. The van der Waals surface area contributed by atoms with Gasteiger partial charge in [-0.3, -0.25) is 0 Å². The molecule has 2 aromatic rings. The van der Waals surface area contributed by atoms with E-state index in [2.05, 4.69) is 9.72 Å². The van der Waals surface area contributed by atoms with Gasteiger partial charge in [0.2, 0.25) is 0 Å². The van der Waals surface area contributed by atoms with Crippen molar-refractivity contribution >= 4 is 11.5 Å². The summed E-state index contributed by atoms with van der Waals surface area (Å²) in [5.74, 6) is 0.679. The van der Waals surface area contributed by atoms with Crippen LogP contribution in [-0.2, 0) is 6.42 Å². The fraction of sp³-hybridized carbons (Fsp3) is 0.312. The minimum atomic E-state index is -4.67. The van der Waals surface area contributed by atoms with Crippen molar-refractivity contribution < 1.29 is 17.9 Å². The number of ether oxygens (including phenoxy) is 1. The average Bonchev–Trinajstić information content (AvgIpc) is 2.80. The van der Waals surface area contributed by atoms with Crippen LogP contribution in [0.2, 0.25) is 0 Å². The first-order valence-electron chi connectivity index (χ1n) is 6.94. The van der Waals surface area contributed by atoms with Crippen LogP contribution in [0.4, 0.5) is 24.7 Å². The number of aryl methyl sites for hydroxylation is 2.